The van der Waals surface area contributed by atoms with Crippen molar-refractivity contribution in [3.63, 3.8) is 0 Å². The molecule has 0 unspecified atom stereocenters. The molecule has 0 bridgehead atoms. The quantitative estimate of drug-likeness (QED) is 0.277. The van der Waals surface area contributed by atoms with Crippen molar-refractivity contribution >= 4 is 12.3 Å². The topological polar surface area (TPSA) is 43.4 Å². The van der Waals surface area contributed by atoms with Gasteiger partial charge in [0.15, 0.2) is 0 Å². The van der Waals surface area contributed by atoms with Crippen molar-refractivity contribution < 1.29 is 14.3 Å². The molecule has 0 aromatic rings. The second kappa shape index (κ2) is 3.33. The van der Waals surface area contributed by atoms with Crippen LogP contribution < -0.4 is 0 Å². The molecule has 0 spiro atoms. The third-order valence-corrected chi connectivity index (χ3v) is 0.330. The van der Waals surface area contributed by atoms with E-state index in [-0.39, 0.29) is 6.29 Å². The van der Waals surface area contributed by atoms with Crippen LogP contribution in [0.2, 0.25) is 0 Å². The van der Waals surface area contributed by atoms with Gasteiger partial charge in [-0.3, -0.25) is 4.79 Å². The van der Waals surface area contributed by atoms with Crippen molar-refractivity contribution in [3.8, 4) is 0 Å². The van der Waals surface area contributed by atoms with Crippen molar-refractivity contribution in [2.45, 2.75) is 6.92 Å². The molecule has 0 rings (SSSR count). The van der Waals surface area contributed by atoms with E-state index >= 15 is 0 Å². The summed E-state index contributed by atoms with van der Waals surface area (Å²) in [7, 11) is 0. The van der Waals surface area contributed by atoms with Gasteiger partial charge in [0.2, 0.25) is 6.29 Å². The Hall–Kier alpha value is -0.860. The van der Waals surface area contributed by atoms with E-state index in [1.165, 1.54) is 6.92 Å². The highest BCUT2D eigenvalue weighted by Crippen LogP contribution is 1.74. The first-order valence-corrected chi connectivity index (χ1v) is 1.75. The minimum atomic E-state index is -0.859. The van der Waals surface area contributed by atoms with Crippen LogP contribution in [0.3, 0.4) is 0 Å². The molecule has 0 fully saturated rings. The number of ether oxygens (including phenoxy) is 1. The van der Waals surface area contributed by atoms with E-state index in [0.29, 0.717) is 0 Å². The van der Waals surface area contributed by atoms with Crippen LogP contribution in [0.5, 0.6) is 0 Å². The summed E-state index contributed by atoms with van der Waals surface area (Å²) in [5.74, 6) is -0.859. The maximum Gasteiger partial charge on any atom is 0.371 e. The Labute approximate surface area is 41.3 Å². The van der Waals surface area contributed by atoms with Gasteiger partial charge in [-0.05, 0) is 6.92 Å². The average molecular weight is 101 g/mol. The van der Waals surface area contributed by atoms with Gasteiger partial charge in [0.25, 0.3) is 0 Å². The summed E-state index contributed by atoms with van der Waals surface area (Å²) in [5, 5.41) is 0. The summed E-state index contributed by atoms with van der Waals surface area (Å²) in [6, 6.07) is 0. The summed E-state index contributed by atoms with van der Waals surface area (Å²) in [5.41, 5.74) is 0. The van der Waals surface area contributed by atoms with Crippen LogP contribution in [0.4, 0.5) is 0 Å². The molecule has 0 N–H and O–H groups in total. The summed E-state index contributed by atoms with van der Waals surface area (Å²) in [4.78, 5) is 19.2. The third-order valence-electron chi connectivity index (χ3n) is 0.330. The Balaban J connectivity index is 3.17. The van der Waals surface area contributed by atoms with Crippen LogP contribution in [0.25, 0.3) is 0 Å². The molecule has 0 saturated carbocycles. The van der Waals surface area contributed by atoms with E-state index < -0.39 is 5.97 Å². The molecule has 1 radical (unpaired) electrons. The van der Waals surface area contributed by atoms with Gasteiger partial charge in [-0.1, -0.05) is 0 Å². The van der Waals surface area contributed by atoms with Gasteiger partial charge in [-0.25, -0.2) is 4.79 Å². The molecule has 0 aliphatic heterocycles. The highest BCUT2D eigenvalue weighted by atomic mass is 16.5. The fourth-order valence-corrected chi connectivity index (χ4v) is 0.144. The smallest absolute Gasteiger partial charge is 0.371 e. The minimum absolute atomic E-state index is 0.111. The Kier molecular flexibility index (Phi) is 2.92. The Morgan fingerprint density at radius 2 is 2.29 bits per heavy atom. The number of hydrogen-bond acceptors (Lipinski definition) is 3. The van der Waals surface area contributed by atoms with Crippen LogP contribution in [-0.2, 0) is 14.3 Å². The SMILES string of the molecule is C[CH]OC(=O)C=O. The summed E-state index contributed by atoms with van der Waals surface area (Å²) >= 11 is 0. The summed E-state index contributed by atoms with van der Waals surface area (Å²) in [6.07, 6.45) is 0.111. The summed E-state index contributed by atoms with van der Waals surface area (Å²) in [6.45, 7) is 2.66. The van der Waals surface area contributed by atoms with Crippen LogP contribution >= 0.6 is 0 Å². The second-order valence-electron chi connectivity index (χ2n) is 0.790. The van der Waals surface area contributed by atoms with E-state index in [9.17, 15) is 9.59 Å². The molecule has 0 aromatic carbocycles. The maximum absolute atomic E-state index is 9.79. The molecule has 3 nitrogen and oxygen atoms in total. The number of esters is 1. The highest BCUT2D eigenvalue weighted by molar-refractivity contribution is 6.20. The first-order valence-electron chi connectivity index (χ1n) is 1.75. The summed E-state index contributed by atoms with van der Waals surface area (Å²) < 4.78 is 4.06. The van der Waals surface area contributed by atoms with E-state index in [1.54, 1.807) is 0 Å². The lowest BCUT2D eigenvalue weighted by molar-refractivity contribution is -0.145. The Bertz CT molecular complexity index is 77.0. The number of hydrogen-bond donors (Lipinski definition) is 0. The normalized spacial score (nSPS) is 7.57. The molecule has 0 aliphatic rings. The van der Waals surface area contributed by atoms with Gasteiger partial charge in [0, 0.05) is 0 Å². The average Bonchev–Trinajstić information content (AvgIpc) is 1.68. The van der Waals surface area contributed by atoms with Crippen LogP contribution in [0, 0.1) is 6.61 Å². The zero-order valence-electron chi connectivity index (χ0n) is 3.88. The van der Waals surface area contributed by atoms with Crippen molar-refractivity contribution in [2.75, 3.05) is 0 Å². The molecule has 39 valence electrons. The van der Waals surface area contributed by atoms with E-state index in [4.69, 9.17) is 0 Å². The van der Waals surface area contributed by atoms with Gasteiger partial charge < -0.3 is 4.74 Å². The standard InChI is InChI=1S/C4H5O3/c1-2-7-4(6)3-5/h2-3H,1H3. The second-order valence-corrected chi connectivity index (χ2v) is 0.790. The van der Waals surface area contributed by atoms with Gasteiger partial charge in [0.1, 0.15) is 6.61 Å². The van der Waals surface area contributed by atoms with Gasteiger partial charge in [-0.15, -0.1) is 0 Å². The van der Waals surface area contributed by atoms with Crippen molar-refractivity contribution in [2.24, 2.45) is 0 Å². The zero-order chi connectivity index (χ0) is 5.70. The first-order chi connectivity index (χ1) is 3.31. The lowest BCUT2D eigenvalue weighted by atomic mass is 10.7. The minimum Gasteiger partial charge on any atom is -0.453 e. The number of carbonyl (C=O) groups is 2. The number of carbonyl (C=O) groups excluding carboxylic acids is 2. The molecule has 0 saturated heterocycles. The molecule has 0 heterocycles. The van der Waals surface area contributed by atoms with Gasteiger partial charge in [0.05, 0.1) is 0 Å². The fraction of sp³-hybridized carbons (Fsp3) is 0.250. The zero-order valence-corrected chi connectivity index (χ0v) is 3.88. The largest absolute Gasteiger partial charge is 0.453 e. The molecular formula is C4H5O3. The van der Waals surface area contributed by atoms with Crippen LogP contribution in [0.1, 0.15) is 6.92 Å². The van der Waals surface area contributed by atoms with E-state index in [0.717, 1.165) is 6.61 Å². The van der Waals surface area contributed by atoms with Crippen molar-refractivity contribution in [1.82, 2.24) is 0 Å². The number of aldehydes is 1. The van der Waals surface area contributed by atoms with Gasteiger partial charge >= 0.3 is 5.97 Å². The molecule has 0 aromatic heterocycles. The van der Waals surface area contributed by atoms with E-state index in [1.807, 2.05) is 0 Å². The molecular weight excluding hydrogens is 96.0 g/mol. The highest BCUT2D eigenvalue weighted by Gasteiger charge is 1.92. The maximum atomic E-state index is 9.79. The van der Waals surface area contributed by atoms with E-state index in [2.05, 4.69) is 4.74 Å². The van der Waals surface area contributed by atoms with Crippen molar-refractivity contribution in [1.29, 1.82) is 0 Å². The Morgan fingerprint density at radius 3 is 2.43 bits per heavy atom. The molecule has 0 amide bonds. The molecule has 0 atom stereocenters. The number of rotatable bonds is 2. The lowest BCUT2D eigenvalue weighted by Gasteiger charge is -1.87. The first kappa shape index (κ1) is 6.14. The fourth-order valence-electron chi connectivity index (χ4n) is 0.144. The predicted molar refractivity (Wildman–Crippen MR) is 22.1 cm³/mol. The predicted octanol–water partition coefficient (Wildman–Crippen LogP) is -0.0898. The third kappa shape index (κ3) is 2.96. The molecule has 0 aliphatic carbocycles. The lowest BCUT2D eigenvalue weighted by Crippen LogP contribution is -2.00. The van der Waals surface area contributed by atoms with Crippen LogP contribution in [0.15, 0.2) is 0 Å². The molecule has 7 heavy (non-hydrogen) atoms. The Morgan fingerprint density at radius 1 is 1.71 bits per heavy atom. The monoisotopic (exact) mass is 101 g/mol. The molecule has 3 heteroatoms. The van der Waals surface area contributed by atoms with Crippen molar-refractivity contribution in [3.05, 3.63) is 6.61 Å². The van der Waals surface area contributed by atoms with Crippen LogP contribution in [-0.4, -0.2) is 12.3 Å². The van der Waals surface area contributed by atoms with Gasteiger partial charge in [-0.2, -0.15) is 0 Å².